The molecule has 8 heteroatoms. The summed E-state index contributed by atoms with van der Waals surface area (Å²) in [5.41, 5.74) is 1.60. The molecule has 7 nitrogen and oxygen atoms in total. The van der Waals surface area contributed by atoms with Crippen molar-refractivity contribution in [2.24, 2.45) is 0 Å². The molecule has 0 fully saturated rings. The zero-order valence-electron chi connectivity index (χ0n) is 13.5. The van der Waals surface area contributed by atoms with Crippen molar-refractivity contribution in [2.45, 2.75) is 12.5 Å². The second-order valence-corrected chi connectivity index (χ2v) is 6.83. The van der Waals surface area contributed by atoms with Gasteiger partial charge in [0.25, 0.3) is 5.91 Å². The lowest BCUT2D eigenvalue weighted by Gasteiger charge is -2.13. The predicted octanol–water partition coefficient (Wildman–Crippen LogP) is 2.38. The molecule has 1 aliphatic rings. The van der Waals surface area contributed by atoms with Gasteiger partial charge in [-0.1, -0.05) is 35.6 Å². The maximum Gasteiger partial charge on any atom is 0.254 e. The standard InChI is InChI=1S/C18H14N4O3S/c23-15(22-18-21-12-7-3-4-8-14(12)26-18)9-13-17(25)19-11-6-2-1-5-10(11)16(24)20-13/h1-8,13H,9H2,(H,19,25)(H,20,24)(H,21,22,23)/t13-/m0/s1. The number of thiazole rings is 1. The third-order valence-corrected chi connectivity index (χ3v) is 4.93. The summed E-state index contributed by atoms with van der Waals surface area (Å²) in [6, 6.07) is 13.3. The van der Waals surface area contributed by atoms with Gasteiger partial charge >= 0.3 is 0 Å². The molecule has 0 unspecified atom stereocenters. The molecule has 2 aromatic carbocycles. The minimum absolute atomic E-state index is 0.179. The van der Waals surface area contributed by atoms with Crippen LogP contribution in [0.3, 0.4) is 0 Å². The van der Waals surface area contributed by atoms with E-state index in [4.69, 9.17) is 0 Å². The summed E-state index contributed by atoms with van der Waals surface area (Å²) < 4.78 is 0.957. The summed E-state index contributed by atoms with van der Waals surface area (Å²) in [7, 11) is 0. The number of benzene rings is 2. The van der Waals surface area contributed by atoms with Crippen molar-refractivity contribution in [2.75, 3.05) is 10.6 Å². The van der Waals surface area contributed by atoms with E-state index in [9.17, 15) is 14.4 Å². The number of carbonyl (C=O) groups is 3. The Morgan fingerprint density at radius 2 is 1.88 bits per heavy atom. The van der Waals surface area contributed by atoms with Gasteiger partial charge in [-0.3, -0.25) is 14.4 Å². The second-order valence-electron chi connectivity index (χ2n) is 5.80. The van der Waals surface area contributed by atoms with Crippen LogP contribution >= 0.6 is 11.3 Å². The predicted molar refractivity (Wildman–Crippen MR) is 99.2 cm³/mol. The normalized spacial score (nSPS) is 16.4. The van der Waals surface area contributed by atoms with Crippen LogP contribution in [0, 0.1) is 0 Å². The summed E-state index contributed by atoms with van der Waals surface area (Å²) in [4.78, 5) is 41.3. The Balaban J connectivity index is 1.47. The van der Waals surface area contributed by atoms with Crippen LogP contribution in [-0.4, -0.2) is 28.7 Å². The maximum atomic E-state index is 12.3. The minimum Gasteiger partial charge on any atom is -0.340 e. The molecule has 3 aromatic rings. The highest BCUT2D eigenvalue weighted by Crippen LogP contribution is 2.25. The first-order valence-corrected chi connectivity index (χ1v) is 8.78. The first-order valence-electron chi connectivity index (χ1n) is 7.96. The topological polar surface area (TPSA) is 100 Å². The van der Waals surface area contributed by atoms with Crippen molar-refractivity contribution >= 4 is 50.1 Å². The lowest BCUT2D eigenvalue weighted by atomic mass is 10.1. The lowest BCUT2D eigenvalue weighted by Crippen LogP contribution is -2.43. The lowest BCUT2D eigenvalue weighted by molar-refractivity contribution is -0.122. The van der Waals surface area contributed by atoms with Gasteiger partial charge in [0.1, 0.15) is 6.04 Å². The van der Waals surface area contributed by atoms with Gasteiger partial charge in [0, 0.05) is 0 Å². The van der Waals surface area contributed by atoms with Crippen molar-refractivity contribution in [3.8, 4) is 0 Å². The molecule has 0 bridgehead atoms. The number of nitrogens with zero attached hydrogens (tertiary/aromatic N) is 1. The Bertz CT molecular complexity index is 997. The zero-order chi connectivity index (χ0) is 18.1. The fourth-order valence-corrected chi connectivity index (χ4v) is 3.62. The number of hydrogen-bond acceptors (Lipinski definition) is 5. The van der Waals surface area contributed by atoms with E-state index in [0.717, 1.165) is 10.2 Å². The third kappa shape index (κ3) is 3.14. The number of amides is 3. The molecule has 0 saturated carbocycles. The van der Waals surface area contributed by atoms with Gasteiger partial charge in [0.2, 0.25) is 11.8 Å². The fourth-order valence-electron chi connectivity index (χ4n) is 2.74. The number of hydrogen-bond donors (Lipinski definition) is 3. The van der Waals surface area contributed by atoms with Crippen LogP contribution in [0.1, 0.15) is 16.8 Å². The number of fused-ring (bicyclic) bond motifs is 2. The van der Waals surface area contributed by atoms with E-state index in [0.29, 0.717) is 16.4 Å². The van der Waals surface area contributed by atoms with Gasteiger partial charge < -0.3 is 16.0 Å². The summed E-state index contributed by atoms with van der Waals surface area (Å²) in [5.74, 6) is -1.21. The molecule has 0 aliphatic carbocycles. The van der Waals surface area contributed by atoms with Gasteiger partial charge in [-0.15, -0.1) is 0 Å². The highest BCUT2D eigenvalue weighted by atomic mass is 32.1. The van der Waals surface area contributed by atoms with E-state index in [1.807, 2.05) is 24.3 Å². The summed E-state index contributed by atoms with van der Waals surface area (Å²) in [6.45, 7) is 0. The molecule has 4 rings (SSSR count). The van der Waals surface area contributed by atoms with Crippen LogP contribution in [-0.2, 0) is 9.59 Å². The number of anilines is 2. The van der Waals surface area contributed by atoms with Gasteiger partial charge in [-0.2, -0.15) is 0 Å². The average Bonchev–Trinajstić information content (AvgIpc) is 2.98. The molecule has 26 heavy (non-hydrogen) atoms. The van der Waals surface area contributed by atoms with E-state index >= 15 is 0 Å². The fraction of sp³-hybridized carbons (Fsp3) is 0.111. The maximum absolute atomic E-state index is 12.3. The Morgan fingerprint density at radius 1 is 1.12 bits per heavy atom. The van der Waals surface area contributed by atoms with Crippen LogP contribution in [0.25, 0.3) is 10.2 Å². The van der Waals surface area contributed by atoms with E-state index in [1.165, 1.54) is 11.3 Å². The van der Waals surface area contributed by atoms with Gasteiger partial charge in [-0.25, -0.2) is 4.98 Å². The Kier molecular flexibility index (Phi) is 4.10. The minimum atomic E-state index is -0.954. The molecule has 1 atom stereocenters. The monoisotopic (exact) mass is 366 g/mol. The summed E-state index contributed by atoms with van der Waals surface area (Å²) in [5, 5.41) is 8.43. The molecule has 0 saturated heterocycles. The number of aromatic nitrogens is 1. The molecule has 0 radical (unpaired) electrons. The van der Waals surface area contributed by atoms with E-state index in [1.54, 1.807) is 24.3 Å². The summed E-state index contributed by atoms with van der Waals surface area (Å²) in [6.07, 6.45) is -0.179. The quantitative estimate of drug-likeness (QED) is 0.662. The van der Waals surface area contributed by atoms with E-state index in [-0.39, 0.29) is 6.42 Å². The highest BCUT2D eigenvalue weighted by Gasteiger charge is 2.29. The van der Waals surface area contributed by atoms with Crippen molar-refractivity contribution in [3.05, 3.63) is 54.1 Å². The molecular formula is C18H14N4O3S. The Hall–Kier alpha value is -3.26. The zero-order valence-corrected chi connectivity index (χ0v) is 14.3. The van der Waals surface area contributed by atoms with Crippen LogP contribution in [0.5, 0.6) is 0 Å². The van der Waals surface area contributed by atoms with Gasteiger partial charge in [0.05, 0.1) is 27.9 Å². The van der Waals surface area contributed by atoms with Crippen molar-refractivity contribution in [3.63, 3.8) is 0 Å². The van der Waals surface area contributed by atoms with Gasteiger partial charge in [0.15, 0.2) is 5.13 Å². The van der Waals surface area contributed by atoms with Crippen molar-refractivity contribution in [1.82, 2.24) is 10.3 Å². The summed E-state index contributed by atoms with van der Waals surface area (Å²) >= 11 is 1.35. The molecule has 3 N–H and O–H groups in total. The molecule has 0 spiro atoms. The number of carbonyl (C=O) groups excluding carboxylic acids is 3. The molecule has 1 aromatic heterocycles. The Morgan fingerprint density at radius 3 is 2.73 bits per heavy atom. The molecule has 2 heterocycles. The van der Waals surface area contributed by atoms with Crippen LogP contribution in [0.2, 0.25) is 0 Å². The van der Waals surface area contributed by atoms with Crippen molar-refractivity contribution in [1.29, 1.82) is 0 Å². The van der Waals surface area contributed by atoms with Crippen molar-refractivity contribution < 1.29 is 14.4 Å². The van der Waals surface area contributed by atoms with E-state index in [2.05, 4.69) is 20.9 Å². The smallest absolute Gasteiger partial charge is 0.254 e. The highest BCUT2D eigenvalue weighted by molar-refractivity contribution is 7.22. The second kappa shape index (κ2) is 6.57. The van der Waals surface area contributed by atoms with E-state index < -0.39 is 23.8 Å². The first kappa shape index (κ1) is 16.2. The number of nitrogens with one attached hydrogen (secondary N) is 3. The SMILES string of the molecule is O=C(C[C@@H]1NC(=O)c2ccccc2NC1=O)Nc1nc2ccccc2s1. The molecule has 130 valence electrons. The molecule has 1 aliphatic heterocycles. The van der Waals surface area contributed by atoms with Crippen LogP contribution in [0.4, 0.5) is 10.8 Å². The van der Waals surface area contributed by atoms with Crippen LogP contribution < -0.4 is 16.0 Å². The number of para-hydroxylation sites is 2. The Labute approximate surface area is 152 Å². The molecular weight excluding hydrogens is 352 g/mol. The van der Waals surface area contributed by atoms with Gasteiger partial charge in [-0.05, 0) is 24.3 Å². The molecule has 3 amide bonds. The average molecular weight is 366 g/mol. The van der Waals surface area contributed by atoms with Crippen LogP contribution in [0.15, 0.2) is 48.5 Å². The third-order valence-electron chi connectivity index (χ3n) is 3.98. The number of rotatable bonds is 3. The first-order chi connectivity index (χ1) is 12.6. The largest absolute Gasteiger partial charge is 0.340 e.